The molecule has 468 valence electrons. The van der Waals surface area contributed by atoms with Crippen molar-refractivity contribution in [3.8, 4) is 0 Å². The number of rotatable bonds is 66. The fraction of sp³-hybridized carbons (Fsp3) is 0.838. The number of nitrogens with one attached hydrogen (secondary N) is 1. The quantitative estimate of drug-likeness (QED) is 0.0320. The number of aliphatic hydroxyl groups is 2. The van der Waals surface area contributed by atoms with Crippen molar-refractivity contribution < 1.29 is 24.5 Å². The molecule has 6 heteroatoms. The van der Waals surface area contributed by atoms with Crippen LogP contribution in [0, 0.1) is 0 Å². The molecule has 0 aliphatic carbocycles. The summed E-state index contributed by atoms with van der Waals surface area (Å²) in [7, 11) is 0. The van der Waals surface area contributed by atoms with E-state index in [0.29, 0.717) is 19.4 Å². The molecule has 0 aromatic heterocycles. The van der Waals surface area contributed by atoms with Gasteiger partial charge in [0, 0.05) is 12.8 Å². The highest BCUT2D eigenvalue weighted by Gasteiger charge is 2.18. The third-order valence-corrected chi connectivity index (χ3v) is 16.3. The Balaban J connectivity index is 3.38. The van der Waals surface area contributed by atoms with E-state index in [1.54, 1.807) is 6.08 Å². The first-order valence-electron chi connectivity index (χ1n) is 35.6. The molecule has 0 aliphatic heterocycles. The highest BCUT2D eigenvalue weighted by Crippen LogP contribution is 2.18. The SMILES string of the molecule is CCCCCC/C=C\C/C=C\CCCCCCCCCC(=O)OCCCCCCCCCCC/C=C\C/C=C\CCCCCCCCCCCCCCCCCCCC(=O)NC(CO)C(O)/C=C/CCCCCCCCCCCC. The summed E-state index contributed by atoms with van der Waals surface area (Å²) in [5.74, 6) is -0.0598. The summed E-state index contributed by atoms with van der Waals surface area (Å²) in [4.78, 5) is 24.6. The molecule has 0 saturated heterocycles. The van der Waals surface area contributed by atoms with E-state index >= 15 is 0 Å². The van der Waals surface area contributed by atoms with Crippen molar-refractivity contribution >= 4 is 11.9 Å². The van der Waals surface area contributed by atoms with Crippen LogP contribution in [0.1, 0.15) is 373 Å². The summed E-state index contributed by atoms with van der Waals surface area (Å²) in [6.07, 6.45) is 91.7. The number of carbonyl (C=O) groups excluding carboxylic acids is 2. The van der Waals surface area contributed by atoms with Crippen molar-refractivity contribution in [1.82, 2.24) is 5.32 Å². The number of ether oxygens (including phenoxy) is 1. The Morgan fingerprint density at radius 2 is 0.625 bits per heavy atom. The van der Waals surface area contributed by atoms with E-state index in [2.05, 4.69) is 67.8 Å². The maximum atomic E-state index is 12.5. The van der Waals surface area contributed by atoms with E-state index < -0.39 is 12.1 Å². The van der Waals surface area contributed by atoms with Crippen molar-refractivity contribution in [1.29, 1.82) is 0 Å². The average Bonchev–Trinajstić information content (AvgIpc) is 3.46. The summed E-state index contributed by atoms with van der Waals surface area (Å²) in [5.41, 5.74) is 0. The van der Waals surface area contributed by atoms with Crippen LogP contribution in [0.2, 0.25) is 0 Å². The van der Waals surface area contributed by atoms with Crippen molar-refractivity contribution in [2.24, 2.45) is 0 Å². The first-order chi connectivity index (χ1) is 39.5. The van der Waals surface area contributed by atoms with Gasteiger partial charge in [-0.15, -0.1) is 0 Å². The molecule has 6 nitrogen and oxygen atoms in total. The maximum Gasteiger partial charge on any atom is 0.305 e. The van der Waals surface area contributed by atoms with Gasteiger partial charge in [-0.1, -0.05) is 325 Å². The van der Waals surface area contributed by atoms with Crippen molar-refractivity contribution in [3.63, 3.8) is 0 Å². The number of hydrogen-bond donors (Lipinski definition) is 3. The summed E-state index contributed by atoms with van der Waals surface area (Å²) >= 11 is 0. The van der Waals surface area contributed by atoms with E-state index in [1.807, 2.05) is 6.08 Å². The first-order valence-corrected chi connectivity index (χ1v) is 35.6. The Morgan fingerprint density at radius 1 is 0.350 bits per heavy atom. The molecular formula is C74H137NO5. The topological polar surface area (TPSA) is 95.9 Å². The van der Waals surface area contributed by atoms with Gasteiger partial charge in [-0.3, -0.25) is 9.59 Å². The number of allylic oxidation sites excluding steroid dienone is 9. The Labute approximate surface area is 499 Å². The molecule has 1 amide bonds. The van der Waals surface area contributed by atoms with Gasteiger partial charge in [-0.05, 0) is 96.3 Å². The van der Waals surface area contributed by atoms with E-state index in [0.717, 1.165) is 57.8 Å². The molecule has 0 radical (unpaired) electrons. The van der Waals surface area contributed by atoms with Crippen molar-refractivity contribution in [2.75, 3.05) is 13.2 Å². The molecule has 3 N–H and O–H groups in total. The molecule has 0 aromatic rings. The van der Waals surface area contributed by atoms with Gasteiger partial charge >= 0.3 is 5.97 Å². The summed E-state index contributed by atoms with van der Waals surface area (Å²) in [5, 5.41) is 23.1. The third-order valence-electron chi connectivity index (χ3n) is 16.3. The minimum Gasteiger partial charge on any atom is -0.466 e. The standard InChI is InChI=1S/C74H137NO5/c1-3-5-7-9-11-13-15-17-18-19-38-41-44-48-52-56-60-64-68-74(79)80-69-65-61-57-53-49-45-42-39-36-34-32-30-28-26-24-22-20-21-23-25-27-29-31-33-35-37-40-43-47-51-55-59-63-67-73(78)75-71(70-76)72(77)66-62-58-54-50-46-16-14-12-10-8-6-4-2/h13,15,18-19,24,26,30,32,62,66,71-72,76-77H,3-12,14,16-17,20-23,25,27-29,31,33-61,63-65,67-70H2,1-2H3,(H,75,78)/b15-13-,19-18-,26-24-,32-30-,66-62+. The minimum atomic E-state index is -0.843. The second-order valence-electron chi connectivity index (χ2n) is 24.2. The molecule has 0 aliphatic rings. The monoisotopic (exact) mass is 1120 g/mol. The molecule has 2 atom stereocenters. The Morgan fingerprint density at radius 3 is 0.963 bits per heavy atom. The zero-order chi connectivity index (χ0) is 57.8. The van der Waals surface area contributed by atoms with Crippen LogP contribution < -0.4 is 5.32 Å². The molecule has 0 aromatic carbocycles. The van der Waals surface area contributed by atoms with Crippen LogP contribution in [0.4, 0.5) is 0 Å². The minimum absolute atomic E-state index is 0.00639. The normalized spacial score (nSPS) is 12.9. The largest absolute Gasteiger partial charge is 0.466 e. The lowest BCUT2D eigenvalue weighted by molar-refractivity contribution is -0.143. The number of unbranched alkanes of at least 4 members (excludes halogenated alkanes) is 47. The fourth-order valence-corrected chi connectivity index (χ4v) is 10.8. The molecule has 0 rings (SSSR count). The summed E-state index contributed by atoms with van der Waals surface area (Å²) < 4.78 is 5.50. The van der Waals surface area contributed by atoms with E-state index in [9.17, 15) is 19.8 Å². The van der Waals surface area contributed by atoms with Gasteiger partial charge in [0.05, 0.1) is 25.4 Å². The Bertz CT molecular complexity index is 1380. The highest BCUT2D eigenvalue weighted by atomic mass is 16.5. The highest BCUT2D eigenvalue weighted by molar-refractivity contribution is 5.76. The molecular weight excluding hydrogens is 983 g/mol. The molecule has 2 unspecified atom stereocenters. The summed E-state index contributed by atoms with van der Waals surface area (Å²) in [6, 6.07) is -0.626. The molecule has 0 saturated carbocycles. The number of amides is 1. The van der Waals surface area contributed by atoms with Crippen LogP contribution >= 0.6 is 0 Å². The van der Waals surface area contributed by atoms with Crippen molar-refractivity contribution in [2.45, 2.75) is 386 Å². The van der Waals surface area contributed by atoms with Gasteiger partial charge in [-0.2, -0.15) is 0 Å². The molecule has 80 heavy (non-hydrogen) atoms. The maximum absolute atomic E-state index is 12.5. The van der Waals surface area contributed by atoms with E-state index in [4.69, 9.17) is 4.74 Å². The van der Waals surface area contributed by atoms with Crippen molar-refractivity contribution in [3.05, 3.63) is 60.8 Å². The zero-order valence-corrected chi connectivity index (χ0v) is 53.6. The second-order valence-corrected chi connectivity index (χ2v) is 24.2. The predicted molar refractivity (Wildman–Crippen MR) is 352 cm³/mol. The lowest BCUT2D eigenvalue weighted by Crippen LogP contribution is -2.45. The first kappa shape index (κ1) is 77.6. The lowest BCUT2D eigenvalue weighted by atomic mass is 10.0. The van der Waals surface area contributed by atoms with Crippen LogP contribution in [-0.4, -0.2) is 47.4 Å². The third kappa shape index (κ3) is 64.7. The summed E-state index contributed by atoms with van der Waals surface area (Å²) in [6.45, 7) is 4.89. The zero-order valence-electron chi connectivity index (χ0n) is 53.6. The molecule has 0 bridgehead atoms. The van der Waals surface area contributed by atoms with E-state index in [1.165, 1.54) is 289 Å². The number of aliphatic hydroxyl groups excluding tert-OH is 2. The van der Waals surface area contributed by atoms with Crippen LogP contribution in [-0.2, 0) is 14.3 Å². The Kier molecular flexibility index (Phi) is 66.9. The Hall–Kier alpha value is -2.44. The van der Waals surface area contributed by atoms with Crippen LogP contribution in [0.3, 0.4) is 0 Å². The van der Waals surface area contributed by atoms with E-state index in [-0.39, 0.29) is 18.5 Å². The molecule has 0 heterocycles. The van der Waals surface area contributed by atoms with Gasteiger partial charge in [0.1, 0.15) is 0 Å². The van der Waals surface area contributed by atoms with Gasteiger partial charge in [-0.25, -0.2) is 0 Å². The van der Waals surface area contributed by atoms with Crippen LogP contribution in [0.25, 0.3) is 0 Å². The van der Waals surface area contributed by atoms with Gasteiger partial charge in [0.2, 0.25) is 5.91 Å². The van der Waals surface area contributed by atoms with Gasteiger partial charge in [0.25, 0.3) is 0 Å². The van der Waals surface area contributed by atoms with Crippen LogP contribution in [0.5, 0.6) is 0 Å². The average molecular weight is 1120 g/mol. The molecule has 0 spiro atoms. The number of carbonyl (C=O) groups is 2. The van der Waals surface area contributed by atoms with Crippen LogP contribution in [0.15, 0.2) is 60.8 Å². The fourth-order valence-electron chi connectivity index (χ4n) is 10.8. The lowest BCUT2D eigenvalue weighted by Gasteiger charge is -2.20. The number of esters is 1. The van der Waals surface area contributed by atoms with Gasteiger partial charge in [0.15, 0.2) is 0 Å². The number of hydrogen-bond acceptors (Lipinski definition) is 5. The second kappa shape index (κ2) is 69.1. The smallest absolute Gasteiger partial charge is 0.305 e. The molecule has 0 fully saturated rings. The van der Waals surface area contributed by atoms with Gasteiger partial charge < -0.3 is 20.3 Å². The predicted octanol–water partition coefficient (Wildman–Crippen LogP) is 23.0.